The van der Waals surface area contributed by atoms with Crippen molar-refractivity contribution in [1.29, 1.82) is 0 Å². The minimum Gasteiger partial charge on any atom is 3.00 e. The van der Waals surface area contributed by atoms with Crippen LogP contribution < -0.4 is 9.47 Å². The first-order valence-electron chi connectivity index (χ1n) is 15.2. The molecule has 0 N–H and O–H groups in total. The fraction of sp³-hybridized carbons (Fsp3) is 0.158. The van der Waals surface area contributed by atoms with Gasteiger partial charge >= 0.3 is 53.1 Å². The summed E-state index contributed by atoms with van der Waals surface area (Å²) in [5.74, 6) is 1.52. The third-order valence-electron chi connectivity index (χ3n) is 6.52. The zero-order valence-electron chi connectivity index (χ0n) is 29.0. The van der Waals surface area contributed by atoms with Gasteiger partial charge in [0.05, 0.1) is 25.6 Å². The van der Waals surface area contributed by atoms with E-state index < -0.39 is 7.81 Å². The molecule has 0 spiro atoms. The molecular weight excluding hydrogens is 882 g/mol. The minimum atomic E-state index is -10.7. The van der Waals surface area contributed by atoms with E-state index in [0.717, 1.165) is 45.4 Å². The van der Waals surface area contributed by atoms with Crippen molar-refractivity contribution in [3.8, 4) is 45.4 Å². The van der Waals surface area contributed by atoms with Gasteiger partial charge < -0.3 is 19.4 Å². The van der Waals surface area contributed by atoms with E-state index >= 15 is 0 Å². The Bertz CT molecular complexity index is 1870. The Hall–Kier alpha value is -4.70. The Morgan fingerprint density at radius 2 is 0.788 bits per heavy atom. The predicted molar refractivity (Wildman–Crippen MR) is 190 cm³/mol. The SMILES string of the molecule is COc1ccnc(-c2cc(OC)ccn2)c1.Cc1c[c-]c(-c2cc(C)ccn2)cc1.Cc1c[c-]c(-c2cc(C)ccn2)cc1.F[P-](F)(F)(F)(F)F.[Ir+3]. The summed E-state index contributed by atoms with van der Waals surface area (Å²) in [6, 6.07) is 34.1. The number of aryl methyl sites for hydroxylation is 4. The first-order chi connectivity index (χ1) is 23.8. The van der Waals surface area contributed by atoms with Crippen molar-refractivity contribution in [3.05, 3.63) is 144 Å². The molecule has 6 aromatic rings. The minimum absolute atomic E-state index is 0. The number of rotatable bonds is 5. The molecular formula is C38H36F6IrN4O2P. The fourth-order valence-corrected chi connectivity index (χ4v) is 4.05. The molecule has 6 nitrogen and oxygen atoms in total. The molecule has 0 saturated carbocycles. The van der Waals surface area contributed by atoms with Gasteiger partial charge in [-0.1, -0.05) is 37.1 Å². The second kappa shape index (κ2) is 18.2. The zero-order chi connectivity index (χ0) is 37.7. The number of benzene rings is 2. The first-order valence-corrected chi connectivity index (χ1v) is 17.2. The summed E-state index contributed by atoms with van der Waals surface area (Å²) in [7, 11) is -7.41. The predicted octanol–water partition coefficient (Wildman–Crippen LogP) is 11.9. The normalized spacial score (nSPS) is 11.6. The van der Waals surface area contributed by atoms with Gasteiger partial charge in [0, 0.05) is 36.9 Å². The number of ether oxygens (including phenoxy) is 2. The Labute approximate surface area is 312 Å². The standard InChI is InChI=1S/2C13H12N.C12H12N2O2.F6P.Ir/c2*1-10-3-5-12(6-4-10)13-9-11(2)7-8-14-13;1-15-9-3-5-13-11(7-9)12-8-10(16-2)4-6-14-12;1-7(2,3,4,5)6;/h2*3-5,7-9H,1-2H3;3-8H,1-2H3;;/q2*-1;;-1;+3. The van der Waals surface area contributed by atoms with E-state index in [1.165, 1.54) is 22.3 Å². The van der Waals surface area contributed by atoms with Crippen LogP contribution in [0.4, 0.5) is 25.2 Å². The smallest absolute Gasteiger partial charge is 3.00 e. The number of hydrogen-bond acceptors (Lipinski definition) is 6. The maximum atomic E-state index is 9.87. The zero-order valence-corrected chi connectivity index (χ0v) is 32.3. The number of hydrogen-bond donors (Lipinski definition) is 0. The van der Waals surface area contributed by atoms with E-state index in [1.54, 1.807) is 38.7 Å². The Balaban J connectivity index is 0.000000246. The van der Waals surface area contributed by atoms with Crippen LogP contribution in [-0.2, 0) is 20.1 Å². The maximum Gasteiger partial charge on any atom is 3.00 e. The summed E-state index contributed by atoms with van der Waals surface area (Å²) in [4.78, 5) is 17.1. The number of nitrogens with zero attached hydrogens (tertiary/aromatic N) is 4. The van der Waals surface area contributed by atoms with Crippen LogP contribution >= 0.6 is 7.81 Å². The molecule has 0 aliphatic rings. The molecule has 52 heavy (non-hydrogen) atoms. The molecule has 0 bridgehead atoms. The molecule has 0 radical (unpaired) electrons. The molecule has 0 atom stereocenters. The molecule has 276 valence electrons. The molecule has 0 unspecified atom stereocenters. The van der Waals surface area contributed by atoms with Crippen LogP contribution in [0.15, 0.2) is 110 Å². The first kappa shape index (κ1) is 43.5. The number of halogens is 6. The summed E-state index contributed by atoms with van der Waals surface area (Å²) >= 11 is 0. The summed E-state index contributed by atoms with van der Waals surface area (Å²) in [5, 5.41) is 0. The van der Waals surface area contributed by atoms with Crippen molar-refractivity contribution in [2.45, 2.75) is 27.7 Å². The van der Waals surface area contributed by atoms with Gasteiger partial charge in [0.15, 0.2) is 0 Å². The Morgan fingerprint density at radius 1 is 0.462 bits per heavy atom. The van der Waals surface area contributed by atoms with Gasteiger partial charge in [-0.05, 0) is 49.5 Å². The molecule has 0 amide bonds. The molecule has 0 fully saturated rings. The van der Waals surface area contributed by atoms with E-state index in [1.807, 2.05) is 48.8 Å². The van der Waals surface area contributed by atoms with Crippen molar-refractivity contribution in [1.82, 2.24) is 19.9 Å². The summed E-state index contributed by atoms with van der Waals surface area (Å²) in [5.41, 5.74) is 10.5. The average Bonchev–Trinajstić information content (AvgIpc) is 3.08. The number of methoxy groups -OCH3 is 2. The van der Waals surface area contributed by atoms with Crippen LogP contribution in [0.3, 0.4) is 0 Å². The van der Waals surface area contributed by atoms with E-state index in [0.29, 0.717) is 0 Å². The largest absolute Gasteiger partial charge is 3.00 e. The van der Waals surface area contributed by atoms with Gasteiger partial charge in [0.25, 0.3) is 0 Å². The van der Waals surface area contributed by atoms with E-state index in [9.17, 15) is 25.2 Å². The van der Waals surface area contributed by atoms with Crippen molar-refractivity contribution in [3.63, 3.8) is 0 Å². The van der Waals surface area contributed by atoms with E-state index in [-0.39, 0.29) is 20.1 Å². The molecule has 6 rings (SSSR count). The topological polar surface area (TPSA) is 70.0 Å². The molecule has 0 aliphatic heterocycles. The number of pyridine rings is 4. The molecule has 14 heteroatoms. The van der Waals surface area contributed by atoms with Gasteiger partial charge in [0.1, 0.15) is 11.5 Å². The van der Waals surface area contributed by atoms with Crippen LogP contribution in [0.25, 0.3) is 33.9 Å². The Kier molecular flexibility index (Phi) is 15.2. The summed E-state index contributed by atoms with van der Waals surface area (Å²) in [6.45, 7) is 8.26. The van der Waals surface area contributed by atoms with Gasteiger partial charge in [-0.2, -0.15) is 0 Å². The summed E-state index contributed by atoms with van der Waals surface area (Å²) in [6.07, 6.45) is 7.04. The molecule has 4 aromatic heterocycles. The molecule has 0 aliphatic carbocycles. The van der Waals surface area contributed by atoms with Crippen LogP contribution in [0.5, 0.6) is 11.5 Å². The van der Waals surface area contributed by atoms with Crippen molar-refractivity contribution in [2.75, 3.05) is 14.2 Å². The molecule has 2 aromatic carbocycles. The second-order valence-electron chi connectivity index (χ2n) is 11.1. The van der Waals surface area contributed by atoms with Gasteiger partial charge in [-0.15, -0.1) is 70.8 Å². The molecule has 4 heterocycles. The van der Waals surface area contributed by atoms with Crippen LogP contribution in [0.1, 0.15) is 22.3 Å². The maximum absolute atomic E-state index is 10.7. The van der Waals surface area contributed by atoms with E-state index in [2.05, 4.69) is 96.2 Å². The quantitative estimate of drug-likeness (QED) is 0.0975. The fourth-order valence-electron chi connectivity index (χ4n) is 4.05. The van der Waals surface area contributed by atoms with Crippen LogP contribution in [0.2, 0.25) is 0 Å². The monoisotopic (exact) mass is 918 g/mol. The Morgan fingerprint density at radius 3 is 1.08 bits per heavy atom. The van der Waals surface area contributed by atoms with Crippen LogP contribution in [-0.4, -0.2) is 34.2 Å². The number of aromatic nitrogens is 4. The van der Waals surface area contributed by atoms with Crippen molar-refractivity contribution in [2.24, 2.45) is 0 Å². The van der Waals surface area contributed by atoms with E-state index in [4.69, 9.17) is 9.47 Å². The van der Waals surface area contributed by atoms with Crippen LogP contribution in [0, 0.1) is 39.8 Å². The summed E-state index contributed by atoms with van der Waals surface area (Å²) < 4.78 is 69.5. The van der Waals surface area contributed by atoms with Gasteiger partial charge in [-0.25, -0.2) is 0 Å². The third kappa shape index (κ3) is 17.5. The van der Waals surface area contributed by atoms with Crippen molar-refractivity contribution >= 4 is 7.81 Å². The van der Waals surface area contributed by atoms with Gasteiger partial charge in [0.2, 0.25) is 0 Å². The van der Waals surface area contributed by atoms with Gasteiger partial charge in [-0.3, -0.25) is 9.97 Å². The average molecular weight is 918 g/mol. The third-order valence-corrected chi connectivity index (χ3v) is 6.52. The molecule has 0 saturated heterocycles. The van der Waals surface area contributed by atoms with Crippen molar-refractivity contribution < 1.29 is 54.8 Å². The second-order valence-corrected chi connectivity index (χ2v) is 13.0.